The monoisotopic (exact) mass is 289 g/mol. The van der Waals surface area contributed by atoms with Gasteiger partial charge in [-0.2, -0.15) is 0 Å². The molecule has 0 radical (unpaired) electrons. The van der Waals surface area contributed by atoms with E-state index < -0.39 is 0 Å². The van der Waals surface area contributed by atoms with Crippen molar-refractivity contribution in [2.45, 2.75) is 52.6 Å². The molecule has 0 spiro atoms. The number of aryl methyl sites for hydroxylation is 1. The number of fused-ring (bicyclic) bond motifs is 1. The number of hydrogen-bond donors (Lipinski definition) is 2. The van der Waals surface area contributed by atoms with Gasteiger partial charge in [-0.3, -0.25) is 0 Å². The molecule has 0 saturated carbocycles. The molecule has 3 heteroatoms. The highest BCUT2D eigenvalue weighted by Crippen LogP contribution is 2.27. The van der Waals surface area contributed by atoms with Crippen LogP contribution in [0.25, 0.3) is 11.0 Å². The topological polar surface area (TPSA) is 45.4 Å². The molecular formula is C18H27NO2. The zero-order chi connectivity index (χ0) is 15.2. The van der Waals surface area contributed by atoms with Crippen LogP contribution in [-0.4, -0.2) is 17.8 Å². The Bertz CT molecular complexity index is 559. The number of benzene rings is 1. The van der Waals surface area contributed by atoms with Crippen molar-refractivity contribution in [3.05, 3.63) is 35.6 Å². The van der Waals surface area contributed by atoms with Gasteiger partial charge >= 0.3 is 0 Å². The van der Waals surface area contributed by atoms with Crippen LogP contribution in [0, 0.1) is 5.92 Å². The minimum Gasteiger partial charge on any atom is -0.461 e. The second-order valence-electron chi connectivity index (χ2n) is 6.02. The third kappa shape index (κ3) is 3.86. The normalized spacial score (nSPS) is 13.2. The zero-order valence-electron chi connectivity index (χ0n) is 13.4. The highest BCUT2D eigenvalue weighted by atomic mass is 16.3. The molecule has 1 aromatic carbocycles. The van der Waals surface area contributed by atoms with E-state index in [9.17, 15) is 5.11 Å². The average molecular weight is 289 g/mol. The van der Waals surface area contributed by atoms with E-state index in [1.165, 1.54) is 10.9 Å². The van der Waals surface area contributed by atoms with E-state index in [-0.39, 0.29) is 12.6 Å². The van der Waals surface area contributed by atoms with Gasteiger partial charge in [-0.15, -0.1) is 0 Å². The maximum Gasteiger partial charge on any atom is 0.134 e. The SMILES string of the molecule is CCCCc1oc2ccccc2c1CN[C@H](CO)C(C)C. The Morgan fingerprint density at radius 1 is 1.24 bits per heavy atom. The predicted octanol–water partition coefficient (Wildman–Crippen LogP) is 3.88. The molecule has 1 atom stereocenters. The molecule has 0 aliphatic rings. The first-order valence-corrected chi connectivity index (χ1v) is 8.00. The molecule has 0 aliphatic carbocycles. The van der Waals surface area contributed by atoms with Gasteiger partial charge in [-0.05, 0) is 18.4 Å². The van der Waals surface area contributed by atoms with Crippen LogP contribution in [0.4, 0.5) is 0 Å². The molecule has 3 nitrogen and oxygen atoms in total. The van der Waals surface area contributed by atoms with Crippen molar-refractivity contribution in [1.82, 2.24) is 5.32 Å². The summed E-state index contributed by atoms with van der Waals surface area (Å²) in [5, 5.41) is 14.1. The minimum atomic E-state index is 0.123. The van der Waals surface area contributed by atoms with Crippen LogP contribution in [-0.2, 0) is 13.0 Å². The molecule has 0 unspecified atom stereocenters. The molecule has 1 heterocycles. The molecule has 0 saturated heterocycles. The van der Waals surface area contributed by atoms with Crippen LogP contribution < -0.4 is 5.32 Å². The third-order valence-corrected chi connectivity index (χ3v) is 4.08. The van der Waals surface area contributed by atoms with Gasteiger partial charge in [0.15, 0.2) is 0 Å². The van der Waals surface area contributed by atoms with Crippen LogP contribution in [0.1, 0.15) is 44.9 Å². The highest BCUT2D eigenvalue weighted by molar-refractivity contribution is 5.82. The smallest absolute Gasteiger partial charge is 0.134 e. The first-order valence-electron chi connectivity index (χ1n) is 8.00. The summed E-state index contributed by atoms with van der Waals surface area (Å²) >= 11 is 0. The summed E-state index contributed by atoms with van der Waals surface area (Å²) in [6.45, 7) is 7.36. The van der Waals surface area contributed by atoms with Crippen molar-refractivity contribution in [3.8, 4) is 0 Å². The lowest BCUT2D eigenvalue weighted by Crippen LogP contribution is -2.36. The van der Waals surface area contributed by atoms with E-state index in [2.05, 4.69) is 38.2 Å². The maximum absolute atomic E-state index is 9.46. The van der Waals surface area contributed by atoms with E-state index in [0.717, 1.165) is 37.2 Å². The van der Waals surface area contributed by atoms with Crippen molar-refractivity contribution in [1.29, 1.82) is 0 Å². The number of unbranched alkanes of at least 4 members (excludes halogenated alkanes) is 1. The summed E-state index contributed by atoms with van der Waals surface area (Å²) in [7, 11) is 0. The van der Waals surface area contributed by atoms with Crippen LogP contribution in [0.15, 0.2) is 28.7 Å². The number of rotatable bonds is 8. The largest absolute Gasteiger partial charge is 0.461 e. The molecule has 0 fully saturated rings. The standard InChI is InChI=1S/C18H27NO2/c1-4-5-9-18-15(11-19-16(12-20)13(2)3)14-8-6-7-10-17(14)21-18/h6-8,10,13,16,19-20H,4-5,9,11-12H2,1-3H3/t16-/m1/s1. The summed E-state index contributed by atoms with van der Waals surface area (Å²) < 4.78 is 6.03. The predicted molar refractivity (Wildman–Crippen MR) is 87.4 cm³/mol. The molecule has 2 aromatic rings. The molecule has 2 N–H and O–H groups in total. The number of furan rings is 1. The highest BCUT2D eigenvalue weighted by Gasteiger charge is 2.16. The lowest BCUT2D eigenvalue weighted by atomic mass is 10.0. The molecule has 0 aliphatic heterocycles. The number of aliphatic hydroxyl groups is 1. The van der Waals surface area contributed by atoms with E-state index in [4.69, 9.17) is 4.42 Å². The second-order valence-corrected chi connectivity index (χ2v) is 6.02. The second kappa shape index (κ2) is 7.62. The Labute approximate surface area is 127 Å². The van der Waals surface area contributed by atoms with Gasteiger partial charge in [0.25, 0.3) is 0 Å². The first kappa shape index (κ1) is 16.1. The Balaban J connectivity index is 2.22. The quantitative estimate of drug-likeness (QED) is 0.775. The molecular weight excluding hydrogens is 262 g/mol. The van der Waals surface area contributed by atoms with Crippen LogP contribution in [0.3, 0.4) is 0 Å². The van der Waals surface area contributed by atoms with Gasteiger partial charge in [-0.25, -0.2) is 0 Å². The molecule has 2 rings (SSSR count). The molecule has 0 bridgehead atoms. The van der Waals surface area contributed by atoms with E-state index in [1.807, 2.05) is 12.1 Å². The zero-order valence-corrected chi connectivity index (χ0v) is 13.4. The average Bonchev–Trinajstić information content (AvgIpc) is 2.83. The van der Waals surface area contributed by atoms with Crippen LogP contribution in [0.5, 0.6) is 0 Å². The van der Waals surface area contributed by atoms with Crippen LogP contribution >= 0.6 is 0 Å². The number of para-hydroxylation sites is 1. The van der Waals surface area contributed by atoms with E-state index >= 15 is 0 Å². The van der Waals surface area contributed by atoms with Crippen molar-refractivity contribution in [2.24, 2.45) is 5.92 Å². The Kier molecular flexibility index (Phi) is 5.83. The van der Waals surface area contributed by atoms with Crippen molar-refractivity contribution in [3.63, 3.8) is 0 Å². The Hall–Kier alpha value is -1.32. The van der Waals surface area contributed by atoms with Gasteiger partial charge in [0.05, 0.1) is 6.61 Å². The van der Waals surface area contributed by atoms with Gasteiger partial charge in [0.2, 0.25) is 0 Å². The Morgan fingerprint density at radius 2 is 2.00 bits per heavy atom. The van der Waals surface area contributed by atoms with E-state index in [1.54, 1.807) is 0 Å². The minimum absolute atomic E-state index is 0.123. The molecule has 116 valence electrons. The van der Waals surface area contributed by atoms with Gasteiger partial charge in [0, 0.05) is 30.0 Å². The third-order valence-electron chi connectivity index (χ3n) is 4.08. The summed E-state index contributed by atoms with van der Waals surface area (Å²) in [6, 6.07) is 8.33. The lowest BCUT2D eigenvalue weighted by Gasteiger charge is -2.20. The maximum atomic E-state index is 9.46. The number of nitrogens with one attached hydrogen (secondary N) is 1. The fraction of sp³-hybridized carbons (Fsp3) is 0.556. The molecule has 1 aromatic heterocycles. The summed E-state index contributed by atoms with van der Waals surface area (Å²) in [4.78, 5) is 0. The number of aliphatic hydroxyl groups excluding tert-OH is 1. The van der Waals surface area contributed by atoms with Gasteiger partial charge in [-0.1, -0.05) is 45.4 Å². The molecule has 21 heavy (non-hydrogen) atoms. The fourth-order valence-corrected chi connectivity index (χ4v) is 2.63. The summed E-state index contributed by atoms with van der Waals surface area (Å²) in [5.74, 6) is 1.50. The first-order chi connectivity index (χ1) is 10.2. The summed E-state index contributed by atoms with van der Waals surface area (Å²) in [6.07, 6.45) is 3.28. The van der Waals surface area contributed by atoms with Gasteiger partial charge < -0.3 is 14.8 Å². The van der Waals surface area contributed by atoms with Crippen molar-refractivity contribution < 1.29 is 9.52 Å². The van der Waals surface area contributed by atoms with Crippen LogP contribution in [0.2, 0.25) is 0 Å². The van der Waals surface area contributed by atoms with E-state index in [0.29, 0.717) is 5.92 Å². The summed E-state index contributed by atoms with van der Waals surface area (Å²) in [5.41, 5.74) is 2.21. The number of hydrogen-bond acceptors (Lipinski definition) is 3. The van der Waals surface area contributed by atoms with Crippen molar-refractivity contribution in [2.75, 3.05) is 6.61 Å². The Morgan fingerprint density at radius 3 is 2.67 bits per heavy atom. The van der Waals surface area contributed by atoms with Gasteiger partial charge in [0.1, 0.15) is 11.3 Å². The lowest BCUT2D eigenvalue weighted by molar-refractivity contribution is 0.210. The fourth-order valence-electron chi connectivity index (χ4n) is 2.63. The molecule has 0 amide bonds. The van der Waals surface area contributed by atoms with Crippen molar-refractivity contribution >= 4 is 11.0 Å².